The van der Waals surface area contributed by atoms with Crippen LogP contribution < -0.4 is 16.4 Å². The van der Waals surface area contributed by atoms with Crippen LogP contribution in [0.25, 0.3) is 11.1 Å². The predicted molar refractivity (Wildman–Crippen MR) is 98.6 cm³/mol. The molecule has 1 aromatic heterocycles. The number of hydrogen-bond donors (Lipinski definition) is 2. The van der Waals surface area contributed by atoms with Gasteiger partial charge in [-0.1, -0.05) is 18.2 Å². The van der Waals surface area contributed by atoms with Crippen LogP contribution in [0.3, 0.4) is 0 Å². The van der Waals surface area contributed by atoms with Gasteiger partial charge in [0.15, 0.2) is 5.96 Å². The van der Waals surface area contributed by atoms with Gasteiger partial charge in [-0.2, -0.15) is 0 Å². The van der Waals surface area contributed by atoms with E-state index in [0.717, 1.165) is 18.9 Å². The van der Waals surface area contributed by atoms with Gasteiger partial charge < -0.3 is 25.8 Å². The van der Waals surface area contributed by atoms with E-state index in [2.05, 4.69) is 14.9 Å². The van der Waals surface area contributed by atoms with Gasteiger partial charge >= 0.3 is 6.09 Å². The molecule has 1 aliphatic heterocycles. The molecule has 1 aliphatic rings. The van der Waals surface area contributed by atoms with E-state index >= 15 is 0 Å². The number of hydrogen-bond acceptors (Lipinski definition) is 5. The van der Waals surface area contributed by atoms with E-state index < -0.39 is 17.9 Å². The van der Waals surface area contributed by atoms with Crippen LogP contribution in [0.1, 0.15) is 5.56 Å². The third kappa shape index (κ3) is 4.32. The number of benzene rings is 1. The lowest BCUT2D eigenvalue weighted by Crippen LogP contribution is -2.52. The molecule has 3 rings (SSSR count). The Hall–Kier alpha value is -3.20. The molecule has 0 bridgehead atoms. The molecule has 0 unspecified atom stereocenters. The summed E-state index contributed by atoms with van der Waals surface area (Å²) in [5.41, 5.74) is 11.4. The number of carbonyl (C=O) groups excluding carboxylic acids is 1. The van der Waals surface area contributed by atoms with E-state index in [1.165, 1.54) is 6.07 Å². The van der Waals surface area contributed by atoms with Crippen LogP contribution in [0, 0.1) is 5.82 Å². The van der Waals surface area contributed by atoms with Crippen molar-refractivity contribution >= 4 is 17.9 Å². The van der Waals surface area contributed by atoms with Gasteiger partial charge in [-0.3, -0.25) is 0 Å². The Bertz CT molecular complexity index is 847. The lowest BCUT2D eigenvalue weighted by molar-refractivity contribution is 0.0783. The van der Waals surface area contributed by atoms with Crippen LogP contribution in [0.5, 0.6) is 0 Å². The fourth-order valence-corrected chi connectivity index (χ4v) is 2.70. The molecule has 1 amide bonds. The van der Waals surface area contributed by atoms with Crippen molar-refractivity contribution in [1.82, 2.24) is 4.98 Å². The summed E-state index contributed by atoms with van der Waals surface area (Å²) in [6.45, 7) is 1.29. The van der Waals surface area contributed by atoms with Crippen molar-refractivity contribution in [3.63, 3.8) is 0 Å². The minimum atomic E-state index is -0.977. The quantitative estimate of drug-likeness (QED) is 0.604. The summed E-state index contributed by atoms with van der Waals surface area (Å²) in [5.74, 6) is -0.0952. The molecule has 1 fully saturated rings. The maximum absolute atomic E-state index is 14.8. The van der Waals surface area contributed by atoms with Crippen LogP contribution >= 0.6 is 0 Å². The predicted octanol–water partition coefficient (Wildman–Crippen LogP) is 1.63. The Morgan fingerprint density at radius 3 is 2.74 bits per heavy atom. The lowest BCUT2D eigenvalue weighted by Gasteiger charge is -2.39. The molecular formula is C18H20FN5O3. The first-order chi connectivity index (χ1) is 13.0. The highest BCUT2D eigenvalue weighted by atomic mass is 19.1. The van der Waals surface area contributed by atoms with Crippen molar-refractivity contribution in [2.24, 2.45) is 16.5 Å². The largest absolute Gasteiger partial charge is 0.443 e. The normalized spacial score (nSPS) is 13.8. The monoisotopic (exact) mass is 373 g/mol. The molecule has 2 aromatic rings. The number of amides is 1. The van der Waals surface area contributed by atoms with Crippen molar-refractivity contribution in [3.8, 4) is 11.1 Å². The molecule has 142 valence electrons. The summed E-state index contributed by atoms with van der Waals surface area (Å²) in [7, 11) is 1.68. The molecule has 0 saturated carbocycles. The molecule has 1 saturated heterocycles. The number of nitrogens with zero attached hydrogens (tertiary/aromatic N) is 3. The molecule has 0 spiro atoms. The van der Waals surface area contributed by atoms with E-state index in [1.807, 2.05) is 6.07 Å². The fraction of sp³-hybridized carbons (Fsp3) is 0.278. The molecular weight excluding hydrogens is 353 g/mol. The number of methoxy groups -OCH3 is 1. The van der Waals surface area contributed by atoms with Crippen molar-refractivity contribution < 1.29 is 18.7 Å². The Balaban J connectivity index is 1.71. The molecule has 27 heavy (non-hydrogen) atoms. The number of aliphatic imine (C=N–C) groups is 1. The Morgan fingerprint density at radius 2 is 2.11 bits per heavy atom. The van der Waals surface area contributed by atoms with Crippen LogP contribution in [-0.2, 0) is 16.1 Å². The molecule has 1 aromatic carbocycles. The Kier molecular flexibility index (Phi) is 5.51. The summed E-state index contributed by atoms with van der Waals surface area (Å²) in [6, 6.07) is 8.48. The highest BCUT2D eigenvalue weighted by Crippen LogP contribution is 2.27. The number of nitrogens with two attached hydrogens (primary N) is 2. The minimum Gasteiger partial charge on any atom is -0.443 e. The Morgan fingerprint density at radius 1 is 1.33 bits per heavy atom. The number of halogens is 1. The first kappa shape index (κ1) is 18.6. The summed E-state index contributed by atoms with van der Waals surface area (Å²) in [5, 5.41) is 0. The highest BCUT2D eigenvalue weighted by Gasteiger charge is 2.27. The SMILES string of the molecule is COC1CN(c2ccc(-c3cccc(COC(=O)N=C(N)N)c3F)cn2)C1. The maximum atomic E-state index is 14.8. The zero-order valence-electron chi connectivity index (χ0n) is 14.8. The molecule has 0 radical (unpaired) electrons. The number of pyridine rings is 1. The smallest absolute Gasteiger partial charge is 0.437 e. The van der Waals surface area contributed by atoms with E-state index in [1.54, 1.807) is 31.5 Å². The van der Waals surface area contributed by atoms with Crippen molar-refractivity contribution in [2.75, 3.05) is 25.1 Å². The molecule has 9 heteroatoms. The van der Waals surface area contributed by atoms with Gasteiger partial charge in [0.2, 0.25) is 0 Å². The first-order valence-corrected chi connectivity index (χ1v) is 8.26. The molecule has 0 atom stereocenters. The van der Waals surface area contributed by atoms with E-state index in [0.29, 0.717) is 11.1 Å². The average molecular weight is 373 g/mol. The zero-order valence-corrected chi connectivity index (χ0v) is 14.8. The van der Waals surface area contributed by atoms with Gasteiger partial charge in [-0.15, -0.1) is 4.99 Å². The van der Waals surface area contributed by atoms with Crippen molar-refractivity contribution in [1.29, 1.82) is 0 Å². The standard InChI is InChI=1S/C18H20FN5O3/c1-26-13-8-24(9-13)15-6-5-11(7-22-15)14-4-2-3-12(16(14)19)10-27-18(25)23-17(20)21/h2-7,13H,8-10H2,1H3,(H4,20,21,23,25). The molecule has 4 N–H and O–H groups in total. The van der Waals surface area contributed by atoms with Crippen LogP contribution in [0.15, 0.2) is 41.5 Å². The minimum absolute atomic E-state index is 0.210. The van der Waals surface area contributed by atoms with E-state index in [-0.39, 0.29) is 18.3 Å². The second kappa shape index (κ2) is 8.00. The number of guanidine groups is 1. The Labute approximate surface area is 155 Å². The number of aromatic nitrogens is 1. The molecule has 0 aliphatic carbocycles. The topological polar surface area (TPSA) is 116 Å². The van der Waals surface area contributed by atoms with Crippen LogP contribution in [0.4, 0.5) is 15.0 Å². The van der Waals surface area contributed by atoms with Gasteiger partial charge in [-0.05, 0) is 12.1 Å². The summed E-state index contributed by atoms with van der Waals surface area (Å²) < 4.78 is 24.9. The highest BCUT2D eigenvalue weighted by molar-refractivity contribution is 5.87. The third-order valence-corrected chi connectivity index (χ3v) is 4.21. The van der Waals surface area contributed by atoms with Gasteiger partial charge in [0.25, 0.3) is 0 Å². The zero-order chi connectivity index (χ0) is 19.4. The molecule has 2 heterocycles. The molecule has 8 nitrogen and oxygen atoms in total. The fourth-order valence-electron chi connectivity index (χ4n) is 2.70. The van der Waals surface area contributed by atoms with Gasteiger partial charge in [0.1, 0.15) is 18.2 Å². The van der Waals surface area contributed by atoms with E-state index in [4.69, 9.17) is 20.9 Å². The third-order valence-electron chi connectivity index (χ3n) is 4.21. The number of anilines is 1. The maximum Gasteiger partial charge on any atom is 0.437 e. The second-order valence-electron chi connectivity index (χ2n) is 6.04. The first-order valence-electron chi connectivity index (χ1n) is 8.26. The number of rotatable bonds is 5. The number of ether oxygens (including phenoxy) is 2. The summed E-state index contributed by atoms with van der Waals surface area (Å²) in [4.78, 5) is 21.0. The second-order valence-corrected chi connectivity index (χ2v) is 6.04. The summed E-state index contributed by atoms with van der Waals surface area (Å²) >= 11 is 0. The average Bonchev–Trinajstić information content (AvgIpc) is 2.60. The van der Waals surface area contributed by atoms with Crippen LogP contribution in [0.2, 0.25) is 0 Å². The van der Waals surface area contributed by atoms with Crippen LogP contribution in [-0.4, -0.2) is 43.3 Å². The lowest BCUT2D eigenvalue weighted by atomic mass is 10.0. The van der Waals surface area contributed by atoms with E-state index in [9.17, 15) is 9.18 Å². The summed E-state index contributed by atoms with van der Waals surface area (Å²) in [6.07, 6.45) is 0.861. The van der Waals surface area contributed by atoms with Crippen molar-refractivity contribution in [2.45, 2.75) is 12.7 Å². The van der Waals surface area contributed by atoms with Crippen molar-refractivity contribution in [3.05, 3.63) is 47.9 Å². The van der Waals surface area contributed by atoms with Gasteiger partial charge in [0, 0.05) is 43.1 Å². The van der Waals surface area contributed by atoms with Gasteiger partial charge in [0.05, 0.1) is 6.10 Å². The number of carbonyl (C=O) groups is 1. The van der Waals surface area contributed by atoms with Gasteiger partial charge in [-0.25, -0.2) is 14.2 Å².